The van der Waals surface area contributed by atoms with E-state index in [1.807, 2.05) is 0 Å². The number of carbonyl (C=O) groups is 1. The molecule has 2 aromatic rings. The maximum atomic E-state index is 13.5. The fourth-order valence-corrected chi connectivity index (χ4v) is 1.97. The maximum Gasteiger partial charge on any atom is 0.255 e. The summed E-state index contributed by atoms with van der Waals surface area (Å²) < 4.78 is 18.8. The van der Waals surface area contributed by atoms with Crippen LogP contribution >= 0.6 is 11.6 Å². The third kappa shape index (κ3) is 3.18. The lowest BCUT2D eigenvalue weighted by molar-refractivity contribution is 0.0896. The third-order valence-electron chi connectivity index (χ3n) is 2.74. The van der Waals surface area contributed by atoms with Crippen molar-refractivity contribution in [1.29, 1.82) is 0 Å². The molecular formula is C14H13ClFNO3. The second-order valence-electron chi connectivity index (χ2n) is 4.27. The van der Waals surface area contributed by atoms with E-state index in [1.54, 1.807) is 19.1 Å². The molecule has 1 atom stereocenters. The summed E-state index contributed by atoms with van der Waals surface area (Å²) in [5.74, 6) is -0.404. The fourth-order valence-electron chi connectivity index (χ4n) is 1.73. The van der Waals surface area contributed by atoms with Crippen LogP contribution in [0, 0.1) is 12.7 Å². The predicted molar refractivity (Wildman–Crippen MR) is 72.1 cm³/mol. The summed E-state index contributed by atoms with van der Waals surface area (Å²) in [6, 6.07) is 7.30. The van der Waals surface area contributed by atoms with Gasteiger partial charge in [0.25, 0.3) is 5.91 Å². The lowest BCUT2D eigenvalue weighted by Crippen LogP contribution is -2.29. The number of halogens is 2. The van der Waals surface area contributed by atoms with Crippen molar-refractivity contribution in [3.8, 4) is 0 Å². The van der Waals surface area contributed by atoms with Crippen molar-refractivity contribution in [2.45, 2.75) is 13.0 Å². The molecule has 6 heteroatoms. The van der Waals surface area contributed by atoms with Crippen LogP contribution in [-0.4, -0.2) is 17.6 Å². The normalized spacial score (nSPS) is 12.2. The van der Waals surface area contributed by atoms with Crippen molar-refractivity contribution < 1.29 is 18.7 Å². The first-order valence-electron chi connectivity index (χ1n) is 5.95. The highest BCUT2D eigenvalue weighted by Gasteiger charge is 2.18. The van der Waals surface area contributed by atoms with Gasteiger partial charge in [-0.2, -0.15) is 0 Å². The van der Waals surface area contributed by atoms with Gasteiger partial charge in [-0.3, -0.25) is 4.79 Å². The smallest absolute Gasteiger partial charge is 0.255 e. The molecule has 0 saturated carbocycles. The van der Waals surface area contributed by atoms with Gasteiger partial charge in [0.2, 0.25) is 0 Å². The first-order valence-corrected chi connectivity index (χ1v) is 6.33. The number of nitrogens with one attached hydrogen (secondary N) is 1. The SMILES string of the molecule is Cc1ccc(C(O)CNC(=O)c2c(F)cccc2Cl)o1. The van der Waals surface area contributed by atoms with Gasteiger partial charge in [-0.25, -0.2) is 4.39 Å². The summed E-state index contributed by atoms with van der Waals surface area (Å²) in [5, 5.41) is 12.3. The molecule has 0 fully saturated rings. The molecule has 2 rings (SSSR count). The van der Waals surface area contributed by atoms with E-state index >= 15 is 0 Å². The average molecular weight is 298 g/mol. The van der Waals surface area contributed by atoms with Crippen molar-refractivity contribution in [1.82, 2.24) is 5.32 Å². The van der Waals surface area contributed by atoms with Crippen molar-refractivity contribution in [2.75, 3.05) is 6.54 Å². The van der Waals surface area contributed by atoms with E-state index in [1.165, 1.54) is 12.1 Å². The minimum atomic E-state index is -1.00. The predicted octanol–water partition coefficient (Wildman–Crippen LogP) is 2.84. The largest absolute Gasteiger partial charge is 0.464 e. The quantitative estimate of drug-likeness (QED) is 0.912. The zero-order valence-electron chi connectivity index (χ0n) is 10.7. The molecule has 0 aliphatic rings. The Morgan fingerprint density at radius 2 is 2.20 bits per heavy atom. The molecule has 1 amide bonds. The van der Waals surface area contributed by atoms with Gasteiger partial charge in [0.1, 0.15) is 23.4 Å². The summed E-state index contributed by atoms with van der Waals surface area (Å²) in [6.45, 7) is 1.64. The highest BCUT2D eigenvalue weighted by Crippen LogP contribution is 2.19. The number of hydrogen-bond acceptors (Lipinski definition) is 3. The summed E-state index contributed by atoms with van der Waals surface area (Å²) in [4.78, 5) is 11.9. The Morgan fingerprint density at radius 3 is 2.80 bits per heavy atom. The Bertz CT molecular complexity index is 606. The molecule has 0 saturated heterocycles. The first-order chi connectivity index (χ1) is 9.49. The molecule has 106 valence electrons. The van der Waals surface area contributed by atoms with Crippen LogP contribution in [0.5, 0.6) is 0 Å². The van der Waals surface area contributed by atoms with Gasteiger partial charge in [-0.15, -0.1) is 0 Å². The number of aliphatic hydroxyl groups excluding tert-OH is 1. The van der Waals surface area contributed by atoms with E-state index in [0.29, 0.717) is 11.5 Å². The average Bonchev–Trinajstić information content (AvgIpc) is 2.82. The molecule has 0 aliphatic carbocycles. The summed E-state index contributed by atoms with van der Waals surface area (Å²) >= 11 is 5.78. The third-order valence-corrected chi connectivity index (χ3v) is 3.05. The topological polar surface area (TPSA) is 62.5 Å². The van der Waals surface area contributed by atoms with Crippen molar-refractivity contribution in [3.05, 3.63) is 58.3 Å². The van der Waals surface area contributed by atoms with Gasteiger partial charge in [0.15, 0.2) is 0 Å². The second kappa shape index (κ2) is 6.07. The van der Waals surface area contributed by atoms with Crippen molar-refractivity contribution in [2.24, 2.45) is 0 Å². The number of hydrogen-bond donors (Lipinski definition) is 2. The number of carbonyl (C=O) groups excluding carboxylic acids is 1. The lowest BCUT2D eigenvalue weighted by Gasteiger charge is -2.11. The van der Waals surface area contributed by atoms with E-state index < -0.39 is 17.8 Å². The molecule has 1 heterocycles. The highest BCUT2D eigenvalue weighted by atomic mass is 35.5. The zero-order chi connectivity index (χ0) is 14.7. The number of furan rings is 1. The molecule has 0 aliphatic heterocycles. The zero-order valence-corrected chi connectivity index (χ0v) is 11.4. The highest BCUT2D eigenvalue weighted by molar-refractivity contribution is 6.33. The number of benzene rings is 1. The molecule has 1 aromatic heterocycles. The van der Waals surface area contributed by atoms with Crippen molar-refractivity contribution in [3.63, 3.8) is 0 Å². The summed E-state index contributed by atoms with van der Waals surface area (Å²) in [6.07, 6.45) is -1.00. The number of aliphatic hydroxyl groups is 1. The van der Waals surface area contributed by atoms with Crippen LogP contribution < -0.4 is 5.32 Å². The Kier molecular flexibility index (Phi) is 4.42. The number of aryl methyl sites for hydroxylation is 1. The van der Waals surface area contributed by atoms with Gasteiger partial charge in [-0.1, -0.05) is 17.7 Å². The second-order valence-corrected chi connectivity index (χ2v) is 4.68. The first kappa shape index (κ1) is 14.6. The van der Waals surface area contributed by atoms with E-state index in [4.69, 9.17) is 16.0 Å². The van der Waals surface area contributed by atoms with E-state index in [9.17, 15) is 14.3 Å². The van der Waals surface area contributed by atoms with Crippen LogP contribution in [0.15, 0.2) is 34.7 Å². The molecule has 1 aromatic carbocycles. The minimum absolute atomic E-state index is 0.0193. The Hall–Kier alpha value is -1.85. The molecule has 2 N–H and O–H groups in total. The lowest BCUT2D eigenvalue weighted by atomic mass is 10.2. The monoisotopic (exact) mass is 297 g/mol. The Morgan fingerprint density at radius 1 is 1.45 bits per heavy atom. The number of amides is 1. The number of rotatable bonds is 4. The van der Waals surface area contributed by atoms with Crippen molar-refractivity contribution >= 4 is 17.5 Å². The van der Waals surface area contributed by atoms with Gasteiger partial charge < -0.3 is 14.8 Å². The van der Waals surface area contributed by atoms with Crippen LogP contribution in [0.4, 0.5) is 4.39 Å². The Labute approximate surface area is 120 Å². The Balaban J connectivity index is 2.02. The van der Waals surface area contributed by atoms with Gasteiger partial charge in [-0.05, 0) is 31.2 Å². The molecule has 1 unspecified atom stereocenters. The van der Waals surface area contributed by atoms with Gasteiger partial charge in [0.05, 0.1) is 17.1 Å². The van der Waals surface area contributed by atoms with Crippen LogP contribution in [0.3, 0.4) is 0 Å². The van der Waals surface area contributed by atoms with Crippen LogP contribution in [0.2, 0.25) is 5.02 Å². The maximum absolute atomic E-state index is 13.5. The van der Waals surface area contributed by atoms with Crippen LogP contribution in [0.1, 0.15) is 28.0 Å². The van der Waals surface area contributed by atoms with Gasteiger partial charge in [0, 0.05) is 0 Å². The van der Waals surface area contributed by atoms with E-state index in [-0.39, 0.29) is 17.1 Å². The van der Waals surface area contributed by atoms with E-state index in [0.717, 1.165) is 6.07 Å². The molecule has 4 nitrogen and oxygen atoms in total. The standard InChI is InChI=1S/C14H13ClFNO3/c1-8-5-6-12(20-8)11(18)7-17-14(19)13-9(15)3-2-4-10(13)16/h2-6,11,18H,7H2,1H3,(H,17,19). The molecule has 0 bridgehead atoms. The minimum Gasteiger partial charge on any atom is -0.464 e. The van der Waals surface area contributed by atoms with Crippen LogP contribution in [0.25, 0.3) is 0 Å². The van der Waals surface area contributed by atoms with Gasteiger partial charge >= 0.3 is 0 Å². The molecule has 0 spiro atoms. The summed E-state index contributed by atoms with van der Waals surface area (Å²) in [7, 11) is 0. The molecule has 20 heavy (non-hydrogen) atoms. The van der Waals surface area contributed by atoms with E-state index in [2.05, 4.69) is 5.32 Å². The molecule has 0 radical (unpaired) electrons. The summed E-state index contributed by atoms with van der Waals surface area (Å²) in [5.41, 5.74) is -0.239. The fraction of sp³-hybridized carbons (Fsp3) is 0.214. The molecular weight excluding hydrogens is 285 g/mol. The van der Waals surface area contributed by atoms with Crippen LogP contribution in [-0.2, 0) is 0 Å².